The molecule has 4 nitrogen and oxygen atoms in total. The highest BCUT2D eigenvalue weighted by molar-refractivity contribution is 6.07. The van der Waals surface area contributed by atoms with E-state index in [0.29, 0.717) is 11.8 Å². The van der Waals surface area contributed by atoms with E-state index in [1.165, 1.54) is 19.3 Å². The zero-order chi connectivity index (χ0) is 9.76. The van der Waals surface area contributed by atoms with E-state index in [4.69, 9.17) is 0 Å². The van der Waals surface area contributed by atoms with Gasteiger partial charge in [0.1, 0.15) is 5.54 Å². The number of amides is 3. The fourth-order valence-electron chi connectivity index (χ4n) is 3.43. The highest BCUT2D eigenvalue weighted by atomic mass is 16.2. The van der Waals surface area contributed by atoms with E-state index in [0.717, 1.165) is 12.8 Å². The van der Waals surface area contributed by atoms with E-state index in [-0.39, 0.29) is 11.9 Å². The number of hydrogen-bond donors (Lipinski definition) is 2. The van der Waals surface area contributed by atoms with Crippen LogP contribution in [-0.4, -0.2) is 17.5 Å². The summed E-state index contributed by atoms with van der Waals surface area (Å²) in [4.78, 5) is 22.8. The summed E-state index contributed by atoms with van der Waals surface area (Å²) in [6.07, 6.45) is 5.41. The van der Waals surface area contributed by atoms with Crippen molar-refractivity contribution in [1.82, 2.24) is 10.6 Å². The van der Waals surface area contributed by atoms with Gasteiger partial charge in [0.05, 0.1) is 0 Å². The molecule has 14 heavy (non-hydrogen) atoms. The summed E-state index contributed by atoms with van der Waals surface area (Å²) in [6.45, 7) is 0. The Hall–Kier alpha value is -1.06. The predicted molar refractivity (Wildman–Crippen MR) is 49.5 cm³/mol. The number of imide groups is 1. The number of urea groups is 1. The van der Waals surface area contributed by atoms with E-state index in [1.807, 2.05) is 0 Å². The van der Waals surface area contributed by atoms with Gasteiger partial charge in [0, 0.05) is 0 Å². The number of fused-ring (bicyclic) bond motifs is 2. The quantitative estimate of drug-likeness (QED) is 0.560. The minimum absolute atomic E-state index is 0.0981. The Morgan fingerprint density at radius 2 is 1.79 bits per heavy atom. The lowest BCUT2D eigenvalue weighted by atomic mass is 9.75. The fourth-order valence-corrected chi connectivity index (χ4v) is 3.43. The second kappa shape index (κ2) is 2.49. The highest BCUT2D eigenvalue weighted by Crippen LogP contribution is 2.47. The molecule has 3 rings (SSSR count). The van der Waals surface area contributed by atoms with Gasteiger partial charge in [-0.2, -0.15) is 0 Å². The monoisotopic (exact) mass is 194 g/mol. The fraction of sp³-hybridized carbons (Fsp3) is 0.800. The zero-order valence-electron chi connectivity index (χ0n) is 8.01. The van der Waals surface area contributed by atoms with Crippen molar-refractivity contribution >= 4 is 11.9 Å². The van der Waals surface area contributed by atoms with Crippen LogP contribution in [0.5, 0.6) is 0 Å². The van der Waals surface area contributed by atoms with Gasteiger partial charge in [0.2, 0.25) is 0 Å². The molecule has 2 bridgehead atoms. The van der Waals surface area contributed by atoms with Gasteiger partial charge in [-0.15, -0.1) is 0 Å². The Kier molecular flexibility index (Phi) is 1.47. The van der Waals surface area contributed by atoms with Gasteiger partial charge >= 0.3 is 6.03 Å². The first-order valence-corrected chi connectivity index (χ1v) is 5.31. The predicted octanol–water partition coefficient (Wildman–Crippen LogP) is 0.775. The van der Waals surface area contributed by atoms with Crippen LogP contribution >= 0.6 is 0 Å². The molecule has 3 amide bonds. The van der Waals surface area contributed by atoms with E-state index in [2.05, 4.69) is 10.6 Å². The number of carbonyl (C=O) groups is 2. The topological polar surface area (TPSA) is 58.2 Å². The number of rotatable bonds is 0. The summed E-state index contributed by atoms with van der Waals surface area (Å²) in [5.74, 6) is 1.20. The summed E-state index contributed by atoms with van der Waals surface area (Å²) in [5.41, 5.74) is -0.541. The molecule has 4 heteroatoms. The Labute approximate surface area is 82.4 Å². The average Bonchev–Trinajstić information content (AvgIpc) is 2.56. The Balaban J connectivity index is 1.90. The second-order valence-corrected chi connectivity index (χ2v) is 4.94. The lowest BCUT2D eigenvalue weighted by molar-refractivity contribution is -0.125. The molecule has 0 radical (unpaired) electrons. The van der Waals surface area contributed by atoms with E-state index >= 15 is 0 Å². The number of carbonyl (C=O) groups excluding carboxylic acids is 2. The van der Waals surface area contributed by atoms with E-state index < -0.39 is 5.54 Å². The van der Waals surface area contributed by atoms with Crippen LogP contribution in [0.4, 0.5) is 4.79 Å². The maximum atomic E-state index is 11.7. The van der Waals surface area contributed by atoms with Crippen LogP contribution < -0.4 is 10.6 Å². The molecule has 2 atom stereocenters. The highest BCUT2D eigenvalue weighted by Gasteiger charge is 2.52. The maximum Gasteiger partial charge on any atom is 0.322 e. The smallest absolute Gasteiger partial charge is 0.322 e. The molecule has 1 heterocycles. The van der Waals surface area contributed by atoms with Crippen LogP contribution in [0.3, 0.4) is 0 Å². The standard InChI is InChI=1S/C10H14N2O2/c13-8-10(12-9(14)11-8)4-6-1-2-7(3-6)5-10/h6-7H,1-5H2,(H2,11,12,13,14). The minimum Gasteiger partial charge on any atom is -0.323 e. The summed E-state index contributed by atoms with van der Waals surface area (Å²) < 4.78 is 0. The second-order valence-electron chi connectivity index (χ2n) is 4.94. The van der Waals surface area contributed by atoms with Crippen molar-refractivity contribution in [3.05, 3.63) is 0 Å². The molecule has 76 valence electrons. The zero-order valence-corrected chi connectivity index (χ0v) is 8.01. The average molecular weight is 194 g/mol. The van der Waals surface area contributed by atoms with Crippen LogP contribution in [0.15, 0.2) is 0 Å². The molecule has 0 aromatic heterocycles. The van der Waals surface area contributed by atoms with Crippen LogP contribution in [0.1, 0.15) is 32.1 Å². The largest absolute Gasteiger partial charge is 0.323 e. The van der Waals surface area contributed by atoms with Crippen LogP contribution in [-0.2, 0) is 4.79 Å². The summed E-state index contributed by atoms with van der Waals surface area (Å²) in [6, 6.07) is -0.309. The van der Waals surface area contributed by atoms with Crippen LogP contribution in [0.25, 0.3) is 0 Å². The Bertz CT molecular complexity index is 301. The van der Waals surface area contributed by atoms with Crippen molar-refractivity contribution in [2.24, 2.45) is 11.8 Å². The van der Waals surface area contributed by atoms with Gasteiger partial charge in [-0.25, -0.2) is 4.79 Å². The molecule has 3 fully saturated rings. The molecule has 1 aliphatic heterocycles. The molecule has 1 saturated heterocycles. The van der Waals surface area contributed by atoms with E-state index in [9.17, 15) is 9.59 Å². The van der Waals surface area contributed by atoms with Crippen molar-refractivity contribution in [2.75, 3.05) is 0 Å². The first-order valence-electron chi connectivity index (χ1n) is 5.31. The van der Waals surface area contributed by atoms with Crippen LogP contribution in [0, 0.1) is 11.8 Å². The summed E-state index contributed by atoms with van der Waals surface area (Å²) >= 11 is 0. The molecular weight excluding hydrogens is 180 g/mol. The van der Waals surface area contributed by atoms with Crippen molar-refractivity contribution in [1.29, 1.82) is 0 Å². The third-order valence-electron chi connectivity index (χ3n) is 3.94. The first-order chi connectivity index (χ1) is 6.68. The normalized spacial score (nSPS) is 45.4. The van der Waals surface area contributed by atoms with Gasteiger partial charge in [0.25, 0.3) is 5.91 Å². The molecular formula is C10H14N2O2. The molecule has 2 aliphatic carbocycles. The van der Waals surface area contributed by atoms with Gasteiger partial charge in [0.15, 0.2) is 0 Å². The summed E-state index contributed by atoms with van der Waals surface area (Å²) in [5, 5.41) is 5.18. The molecule has 2 unspecified atom stereocenters. The number of nitrogens with one attached hydrogen (secondary N) is 2. The molecule has 3 aliphatic rings. The summed E-state index contributed by atoms with van der Waals surface area (Å²) in [7, 11) is 0. The Morgan fingerprint density at radius 3 is 2.29 bits per heavy atom. The van der Waals surface area contributed by atoms with Crippen molar-refractivity contribution in [3.8, 4) is 0 Å². The maximum absolute atomic E-state index is 11.7. The molecule has 2 N–H and O–H groups in total. The molecule has 0 aromatic carbocycles. The van der Waals surface area contributed by atoms with Gasteiger partial charge in [-0.3, -0.25) is 10.1 Å². The third-order valence-corrected chi connectivity index (χ3v) is 3.94. The lowest BCUT2D eigenvalue weighted by Crippen LogP contribution is -2.50. The van der Waals surface area contributed by atoms with Crippen molar-refractivity contribution < 1.29 is 9.59 Å². The molecule has 1 spiro atoms. The van der Waals surface area contributed by atoms with Gasteiger partial charge < -0.3 is 5.32 Å². The lowest BCUT2D eigenvalue weighted by Gasteiger charge is -2.34. The molecule has 2 saturated carbocycles. The minimum atomic E-state index is -0.541. The number of hydrogen-bond acceptors (Lipinski definition) is 2. The van der Waals surface area contributed by atoms with Crippen molar-refractivity contribution in [2.45, 2.75) is 37.6 Å². The third kappa shape index (κ3) is 0.996. The van der Waals surface area contributed by atoms with Gasteiger partial charge in [-0.1, -0.05) is 12.8 Å². The molecule has 0 aromatic rings. The Morgan fingerprint density at radius 1 is 1.14 bits per heavy atom. The van der Waals surface area contributed by atoms with E-state index in [1.54, 1.807) is 0 Å². The van der Waals surface area contributed by atoms with Crippen LogP contribution in [0.2, 0.25) is 0 Å². The van der Waals surface area contributed by atoms with Crippen molar-refractivity contribution in [3.63, 3.8) is 0 Å². The SMILES string of the molecule is O=C1NC(=O)C2(CC3CCC(C3)C2)N1. The van der Waals surface area contributed by atoms with Gasteiger partial charge in [-0.05, 0) is 31.1 Å². The first kappa shape index (κ1) is 8.26.